The van der Waals surface area contributed by atoms with Gasteiger partial charge in [0.25, 0.3) is 0 Å². The first-order valence-electron chi connectivity index (χ1n) is 12.7. The molecule has 2 aromatic rings. The van der Waals surface area contributed by atoms with Crippen molar-refractivity contribution in [2.45, 2.75) is 97.8 Å². The molecule has 0 bridgehead atoms. The molecule has 0 saturated heterocycles. The molecule has 0 aliphatic heterocycles. The van der Waals surface area contributed by atoms with E-state index in [1.54, 1.807) is 6.07 Å². The summed E-state index contributed by atoms with van der Waals surface area (Å²) in [6.45, 7) is 11.3. The van der Waals surface area contributed by atoms with Crippen molar-refractivity contribution in [1.29, 1.82) is 0 Å². The quantitative estimate of drug-likeness (QED) is 0.204. The maximum atomic E-state index is 10.1. The molecule has 2 aromatic carbocycles. The van der Waals surface area contributed by atoms with E-state index < -0.39 is 9.28 Å². The van der Waals surface area contributed by atoms with Gasteiger partial charge in [0, 0.05) is 12.2 Å². The van der Waals surface area contributed by atoms with E-state index in [-0.39, 0.29) is 12.2 Å². The normalized spacial score (nSPS) is 11.6. The lowest BCUT2D eigenvalue weighted by Crippen LogP contribution is -2.29. The zero-order chi connectivity index (χ0) is 24.1. The number of ether oxygens (including phenoxy) is 1. The predicted octanol–water partition coefficient (Wildman–Crippen LogP) is 7.41. The first-order valence-corrected chi connectivity index (χ1v) is 14.5. The molecule has 184 valence electrons. The number of hydrogen-bond donors (Lipinski definition) is 1. The molecule has 0 heterocycles. The summed E-state index contributed by atoms with van der Waals surface area (Å²) in [5.41, 5.74) is 3.46. The molecule has 5 heteroatoms. The highest BCUT2D eigenvalue weighted by atomic mass is 28.3. The zero-order valence-electron chi connectivity index (χ0n) is 21.3. The topological polar surface area (TPSA) is 47.9 Å². The second-order valence-electron chi connectivity index (χ2n) is 9.32. The maximum Gasteiger partial charge on any atom is 0.321 e. The Bertz CT molecular complexity index is 779. The van der Waals surface area contributed by atoms with E-state index in [1.165, 1.54) is 25.7 Å². The van der Waals surface area contributed by atoms with E-state index in [0.717, 1.165) is 54.4 Å². The summed E-state index contributed by atoms with van der Waals surface area (Å²) in [5, 5.41) is 10.1. The standard InChI is InChI=1S/C28H44O4Si/c1-6-7-8-9-10-19-30-27-16-13-24(14-17-27)28-18-15-26(29)21-25(28)12-11-20-33(31-22(2)3)32-23(4)5/h13-18,21-23,29,33H,6-12,19-20H2,1-5H3. The van der Waals surface area contributed by atoms with Crippen LogP contribution >= 0.6 is 0 Å². The van der Waals surface area contributed by atoms with Crippen LogP contribution in [0.5, 0.6) is 11.5 Å². The number of phenolic OH excluding ortho intramolecular Hbond substituents is 1. The highest BCUT2D eigenvalue weighted by molar-refractivity contribution is 6.44. The summed E-state index contributed by atoms with van der Waals surface area (Å²) in [4.78, 5) is 0. The number of aryl methyl sites for hydroxylation is 1. The molecule has 1 N–H and O–H groups in total. The van der Waals surface area contributed by atoms with E-state index in [2.05, 4.69) is 46.8 Å². The minimum absolute atomic E-state index is 0.189. The van der Waals surface area contributed by atoms with Crippen LogP contribution in [0.2, 0.25) is 6.04 Å². The second kappa shape index (κ2) is 15.2. The molecule has 0 aliphatic carbocycles. The Morgan fingerprint density at radius 1 is 0.818 bits per heavy atom. The van der Waals surface area contributed by atoms with Crippen molar-refractivity contribution < 1.29 is 18.7 Å². The summed E-state index contributed by atoms with van der Waals surface area (Å²) < 4.78 is 18.0. The van der Waals surface area contributed by atoms with Crippen molar-refractivity contribution in [2.24, 2.45) is 0 Å². The lowest BCUT2D eigenvalue weighted by atomic mass is 9.96. The zero-order valence-corrected chi connectivity index (χ0v) is 22.5. The first kappa shape index (κ1) is 27.4. The van der Waals surface area contributed by atoms with Crippen LogP contribution in [0.25, 0.3) is 11.1 Å². The summed E-state index contributed by atoms with van der Waals surface area (Å²) >= 11 is 0. The third kappa shape index (κ3) is 10.8. The van der Waals surface area contributed by atoms with Gasteiger partial charge in [-0.05, 0) is 94.0 Å². The van der Waals surface area contributed by atoms with Crippen molar-refractivity contribution in [3.8, 4) is 22.6 Å². The van der Waals surface area contributed by atoms with Gasteiger partial charge in [-0.3, -0.25) is 0 Å². The Hall–Kier alpha value is -1.82. The van der Waals surface area contributed by atoms with Gasteiger partial charge in [0.15, 0.2) is 0 Å². The summed E-state index contributed by atoms with van der Waals surface area (Å²) in [5.74, 6) is 1.22. The number of aromatic hydroxyl groups is 1. The number of rotatable bonds is 16. The van der Waals surface area contributed by atoms with Crippen molar-refractivity contribution in [3.63, 3.8) is 0 Å². The van der Waals surface area contributed by atoms with Gasteiger partial charge in [-0.1, -0.05) is 50.8 Å². The van der Waals surface area contributed by atoms with Crippen LogP contribution in [-0.4, -0.2) is 33.2 Å². The molecule has 0 saturated carbocycles. The molecule has 0 spiro atoms. The Morgan fingerprint density at radius 2 is 1.48 bits per heavy atom. The van der Waals surface area contributed by atoms with Crippen LogP contribution in [0.1, 0.15) is 78.7 Å². The third-order valence-electron chi connectivity index (χ3n) is 5.50. The molecule has 33 heavy (non-hydrogen) atoms. The lowest BCUT2D eigenvalue weighted by molar-refractivity contribution is 0.129. The van der Waals surface area contributed by atoms with Crippen molar-refractivity contribution in [3.05, 3.63) is 48.0 Å². The van der Waals surface area contributed by atoms with Gasteiger partial charge in [0.05, 0.1) is 6.61 Å². The highest BCUT2D eigenvalue weighted by Crippen LogP contribution is 2.30. The fourth-order valence-electron chi connectivity index (χ4n) is 3.93. The molecule has 0 atom stereocenters. The molecule has 2 rings (SSSR count). The summed E-state index contributed by atoms with van der Waals surface area (Å²) in [6, 6.07) is 14.9. The van der Waals surface area contributed by atoms with E-state index in [9.17, 15) is 5.11 Å². The predicted molar refractivity (Wildman–Crippen MR) is 141 cm³/mol. The molecular formula is C28H44O4Si. The van der Waals surface area contributed by atoms with Crippen LogP contribution in [0.15, 0.2) is 42.5 Å². The number of unbranched alkanes of at least 4 members (excludes halogenated alkanes) is 4. The van der Waals surface area contributed by atoms with Gasteiger partial charge in [-0.25, -0.2) is 0 Å². The summed E-state index contributed by atoms with van der Waals surface area (Å²) in [6.07, 6.45) is 8.44. The molecule has 0 unspecified atom stereocenters. The Kier molecular flexibility index (Phi) is 12.6. The Balaban J connectivity index is 1.96. The number of hydrogen-bond acceptors (Lipinski definition) is 4. The van der Waals surface area contributed by atoms with E-state index in [0.29, 0.717) is 5.75 Å². The number of benzene rings is 2. The molecule has 0 aromatic heterocycles. The van der Waals surface area contributed by atoms with Crippen LogP contribution in [0, 0.1) is 0 Å². The fraction of sp³-hybridized carbons (Fsp3) is 0.571. The average Bonchev–Trinajstić information content (AvgIpc) is 2.76. The average molecular weight is 473 g/mol. The summed E-state index contributed by atoms with van der Waals surface area (Å²) in [7, 11) is -1.70. The second-order valence-corrected chi connectivity index (χ2v) is 11.3. The van der Waals surface area contributed by atoms with Gasteiger partial charge in [-0.15, -0.1) is 0 Å². The molecule has 4 nitrogen and oxygen atoms in total. The van der Waals surface area contributed by atoms with Crippen LogP contribution in [-0.2, 0) is 15.3 Å². The molecule has 0 aliphatic rings. The van der Waals surface area contributed by atoms with Crippen LogP contribution in [0.3, 0.4) is 0 Å². The highest BCUT2D eigenvalue weighted by Gasteiger charge is 2.17. The maximum absolute atomic E-state index is 10.1. The van der Waals surface area contributed by atoms with Crippen LogP contribution < -0.4 is 4.74 Å². The van der Waals surface area contributed by atoms with Crippen molar-refractivity contribution in [1.82, 2.24) is 0 Å². The van der Waals surface area contributed by atoms with Crippen LogP contribution in [0.4, 0.5) is 0 Å². The smallest absolute Gasteiger partial charge is 0.321 e. The SMILES string of the molecule is CCCCCCCOc1ccc(-c2ccc(O)cc2CCC[SiH](OC(C)C)OC(C)C)cc1. The lowest BCUT2D eigenvalue weighted by Gasteiger charge is -2.21. The van der Waals surface area contributed by atoms with Crippen molar-refractivity contribution in [2.75, 3.05) is 6.61 Å². The van der Waals surface area contributed by atoms with Gasteiger partial charge in [-0.2, -0.15) is 0 Å². The van der Waals surface area contributed by atoms with Crippen molar-refractivity contribution >= 4 is 9.28 Å². The van der Waals surface area contributed by atoms with E-state index >= 15 is 0 Å². The monoisotopic (exact) mass is 472 g/mol. The van der Waals surface area contributed by atoms with Gasteiger partial charge >= 0.3 is 9.28 Å². The largest absolute Gasteiger partial charge is 0.508 e. The first-order chi connectivity index (χ1) is 15.9. The minimum atomic E-state index is -1.70. The molecule has 0 amide bonds. The van der Waals surface area contributed by atoms with E-state index in [4.69, 9.17) is 13.6 Å². The Morgan fingerprint density at radius 3 is 2.12 bits per heavy atom. The fourth-order valence-corrected chi connectivity index (χ4v) is 6.02. The Labute approximate surface area is 203 Å². The van der Waals surface area contributed by atoms with E-state index in [1.807, 2.05) is 24.3 Å². The molecular weight excluding hydrogens is 428 g/mol. The van der Waals surface area contributed by atoms with Gasteiger partial charge < -0.3 is 18.7 Å². The van der Waals surface area contributed by atoms with Gasteiger partial charge in [0.1, 0.15) is 11.5 Å². The third-order valence-corrected chi connectivity index (χ3v) is 8.08. The molecule has 0 radical (unpaired) electrons. The minimum Gasteiger partial charge on any atom is -0.508 e. The number of phenols is 1. The van der Waals surface area contributed by atoms with Gasteiger partial charge in [0.2, 0.25) is 0 Å². The molecule has 0 fully saturated rings.